The molecule has 1 unspecified atom stereocenters. The molecule has 2 aliphatic heterocycles. The lowest BCUT2D eigenvalue weighted by atomic mass is 9.98. The van der Waals surface area contributed by atoms with Crippen LogP contribution < -0.4 is 4.90 Å². The molecule has 2 heterocycles. The molecule has 2 aromatic carbocycles. The second kappa shape index (κ2) is 7.56. The molecule has 0 aromatic heterocycles. The van der Waals surface area contributed by atoms with E-state index in [2.05, 4.69) is 17.0 Å². The van der Waals surface area contributed by atoms with Crippen molar-refractivity contribution in [2.24, 2.45) is 0 Å². The Morgan fingerprint density at radius 2 is 1.79 bits per heavy atom. The number of ether oxygens (including phenoxy) is 1. The third-order valence-corrected chi connectivity index (χ3v) is 5.36. The average molecular weight is 378 g/mol. The maximum Gasteiger partial charge on any atom is 0.338 e. The molecule has 0 spiro atoms. The van der Waals surface area contributed by atoms with Crippen molar-refractivity contribution in [2.45, 2.75) is 32.4 Å². The topological polar surface area (TPSA) is 66.9 Å². The van der Waals surface area contributed by atoms with Gasteiger partial charge >= 0.3 is 5.97 Å². The smallest absolute Gasteiger partial charge is 0.338 e. The lowest BCUT2D eigenvalue weighted by Crippen LogP contribution is -2.44. The van der Waals surface area contributed by atoms with Crippen LogP contribution >= 0.6 is 0 Å². The molecule has 1 fully saturated rings. The standard InChI is InChI=1S/C22H22N2O4/c1-2-28-22(27)16-7-9-18(10-8-16)24-20(25)13-19(21(24)26)23-12-11-15-5-3-4-6-17(15)14-23/h3-10,19H,2,11-14H2,1H3. The molecule has 2 aliphatic rings. The predicted octanol–water partition coefficient (Wildman–Crippen LogP) is 2.55. The molecule has 2 aromatic rings. The number of esters is 1. The van der Waals surface area contributed by atoms with E-state index in [0.29, 0.717) is 24.4 Å². The van der Waals surface area contributed by atoms with Crippen LogP contribution in [0.15, 0.2) is 48.5 Å². The summed E-state index contributed by atoms with van der Waals surface area (Å²) < 4.78 is 4.97. The third kappa shape index (κ3) is 3.31. The summed E-state index contributed by atoms with van der Waals surface area (Å²) in [5.41, 5.74) is 3.41. The largest absolute Gasteiger partial charge is 0.462 e. The molecule has 1 atom stereocenters. The summed E-state index contributed by atoms with van der Waals surface area (Å²) in [6.07, 6.45) is 1.06. The van der Waals surface area contributed by atoms with E-state index in [1.54, 1.807) is 31.2 Å². The number of carbonyl (C=O) groups excluding carboxylic acids is 3. The number of benzene rings is 2. The summed E-state index contributed by atoms with van der Waals surface area (Å²) in [5.74, 6) is -0.830. The van der Waals surface area contributed by atoms with E-state index >= 15 is 0 Å². The lowest BCUT2D eigenvalue weighted by Gasteiger charge is -2.32. The van der Waals surface area contributed by atoms with Crippen LogP contribution in [0.3, 0.4) is 0 Å². The van der Waals surface area contributed by atoms with Crippen LogP contribution in [-0.4, -0.2) is 41.9 Å². The monoisotopic (exact) mass is 378 g/mol. The Kier molecular flexibility index (Phi) is 4.96. The zero-order chi connectivity index (χ0) is 19.7. The summed E-state index contributed by atoms with van der Waals surface area (Å²) in [5, 5.41) is 0. The van der Waals surface area contributed by atoms with E-state index in [-0.39, 0.29) is 18.2 Å². The quantitative estimate of drug-likeness (QED) is 0.604. The van der Waals surface area contributed by atoms with Crippen LogP contribution in [0.2, 0.25) is 0 Å². The minimum atomic E-state index is -0.439. The number of nitrogens with zero attached hydrogens (tertiary/aromatic N) is 2. The number of rotatable bonds is 4. The first kappa shape index (κ1) is 18.4. The van der Waals surface area contributed by atoms with E-state index in [4.69, 9.17) is 4.74 Å². The number of carbonyl (C=O) groups is 3. The van der Waals surface area contributed by atoms with Gasteiger partial charge in [-0.25, -0.2) is 9.69 Å². The van der Waals surface area contributed by atoms with Crippen molar-refractivity contribution < 1.29 is 19.1 Å². The number of imide groups is 1. The van der Waals surface area contributed by atoms with E-state index in [0.717, 1.165) is 13.0 Å². The Morgan fingerprint density at radius 3 is 2.50 bits per heavy atom. The molecule has 0 saturated carbocycles. The van der Waals surface area contributed by atoms with Crippen molar-refractivity contribution in [3.8, 4) is 0 Å². The van der Waals surface area contributed by atoms with Crippen LogP contribution in [0, 0.1) is 0 Å². The predicted molar refractivity (Wildman–Crippen MR) is 104 cm³/mol. The minimum absolute atomic E-state index is 0.181. The molecular weight excluding hydrogens is 356 g/mol. The van der Waals surface area contributed by atoms with E-state index in [1.165, 1.54) is 16.0 Å². The molecule has 1 saturated heterocycles. The van der Waals surface area contributed by atoms with Gasteiger partial charge in [0.2, 0.25) is 5.91 Å². The Bertz CT molecular complexity index is 922. The highest BCUT2D eigenvalue weighted by atomic mass is 16.5. The minimum Gasteiger partial charge on any atom is -0.462 e. The Morgan fingerprint density at radius 1 is 1.07 bits per heavy atom. The first-order valence-electron chi connectivity index (χ1n) is 9.53. The molecule has 4 rings (SSSR count). The Balaban J connectivity index is 1.51. The van der Waals surface area contributed by atoms with Gasteiger partial charge in [0.1, 0.15) is 0 Å². The van der Waals surface area contributed by atoms with Crippen molar-refractivity contribution in [1.82, 2.24) is 4.90 Å². The van der Waals surface area contributed by atoms with Crippen LogP contribution in [-0.2, 0) is 27.3 Å². The number of fused-ring (bicyclic) bond motifs is 1. The van der Waals surface area contributed by atoms with Gasteiger partial charge in [0.25, 0.3) is 5.91 Å². The molecular formula is C22H22N2O4. The Labute approximate surface area is 163 Å². The average Bonchev–Trinajstić information content (AvgIpc) is 3.02. The van der Waals surface area contributed by atoms with Crippen molar-refractivity contribution >= 4 is 23.5 Å². The number of anilines is 1. The molecule has 6 heteroatoms. The van der Waals surface area contributed by atoms with Gasteiger partial charge in [0, 0.05) is 13.1 Å². The summed E-state index contributed by atoms with van der Waals surface area (Å²) in [4.78, 5) is 40.7. The highest BCUT2D eigenvalue weighted by Gasteiger charge is 2.43. The van der Waals surface area contributed by atoms with Crippen molar-refractivity contribution in [1.29, 1.82) is 0 Å². The van der Waals surface area contributed by atoms with Crippen LogP contribution in [0.1, 0.15) is 34.8 Å². The maximum atomic E-state index is 13.0. The lowest BCUT2D eigenvalue weighted by molar-refractivity contribution is -0.123. The van der Waals surface area contributed by atoms with Gasteiger partial charge in [-0.3, -0.25) is 14.5 Å². The fourth-order valence-electron chi connectivity index (χ4n) is 3.92. The summed E-state index contributed by atoms with van der Waals surface area (Å²) in [6.45, 7) is 3.48. The zero-order valence-corrected chi connectivity index (χ0v) is 15.8. The summed E-state index contributed by atoms with van der Waals surface area (Å²) >= 11 is 0. The molecule has 2 amide bonds. The molecule has 0 radical (unpaired) electrons. The number of hydrogen-bond donors (Lipinski definition) is 0. The van der Waals surface area contributed by atoms with Gasteiger partial charge in [0.15, 0.2) is 0 Å². The van der Waals surface area contributed by atoms with Gasteiger partial charge in [-0.2, -0.15) is 0 Å². The van der Waals surface area contributed by atoms with E-state index in [1.807, 2.05) is 12.1 Å². The molecule has 0 aliphatic carbocycles. The van der Waals surface area contributed by atoms with E-state index < -0.39 is 12.0 Å². The Hall–Kier alpha value is -2.99. The molecule has 0 N–H and O–H groups in total. The van der Waals surface area contributed by atoms with Crippen LogP contribution in [0.5, 0.6) is 0 Å². The summed E-state index contributed by atoms with van der Waals surface area (Å²) in [6, 6.07) is 14.2. The fourth-order valence-corrected chi connectivity index (χ4v) is 3.92. The van der Waals surface area contributed by atoms with Gasteiger partial charge in [-0.15, -0.1) is 0 Å². The first-order valence-corrected chi connectivity index (χ1v) is 9.53. The first-order chi connectivity index (χ1) is 13.6. The van der Waals surface area contributed by atoms with Gasteiger partial charge < -0.3 is 4.74 Å². The highest BCUT2D eigenvalue weighted by molar-refractivity contribution is 6.22. The SMILES string of the molecule is CCOC(=O)c1ccc(N2C(=O)CC(N3CCc4ccccc4C3)C2=O)cc1. The third-order valence-electron chi connectivity index (χ3n) is 5.36. The van der Waals surface area contributed by atoms with Gasteiger partial charge in [-0.1, -0.05) is 24.3 Å². The maximum absolute atomic E-state index is 13.0. The number of amides is 2. The normalized spacial score (nSPS) is 19.6. The molecule has 6 nitrogen and oxygen atoms in total. The van der Waals surface area contributed by atoms with Gasteiger partial charge in [0.05, 0.1) is 30.3 Å². The second-order valence-corrected chi connectivity index (χ2v) is 7.04. The summed E-state index contributed by atoms with van der Waals surface area (Å²) in [7, 11) is 0. The van der Waals surface area contributed by atoms with Crippen molar-refractivity contribution in [3.05, 3.63) is 65.2 Å². The fraction of sp³-hybridized carbons (Fsp3) is 0.318. The molecule has 0 bridgehead atoms. The van der Waals surface area contributed by atoms with Gasteiger partial charge in [-0.05, 0) is 48.7 Å². The second-order valence-electron chi connectivity index (χ2n) is 7.04. The van der Waals surface area contributed by atoms with Crippen molar-refractivity contribution in [3.63, 3.8) is 0 Å². The number of hydrogen-bond acceptors (Lipinski definition) is 5. The van der Waals surface area contributed by atoms with E-state index in [9.17, 15) is 14.4 Å². The molecule has 144 valence electrons. The molecule has 28 heavy (non-hydrogen) atoms. The van der Waals surface area contributed by atoms with Crippen molar-refractivity contribution in [2.75, 3.05) is 18.1 Å². The van der Waals surface area contributed by atoms with Crippen LogP contribution in [0.4, 0.5) is 5.69 Å². The van der Waals surface area contributed by atoms with Crippen LogP contribution in [0.25, 0.3) is 0 Å². The zero-order valence-electron chi connectivity index (χ0n) is 15.8. The highest BCUT2D eigenvalue weighted by Crippen LogP contribution is 2.29.